The Bertz CT molecular complexity index is 284. The third-order valence-corrected chi connectivity index (χ3v) is 2.67. The quantitative estimate of drug-likeness (QED) is 0.378. The van der Waals surface area contributed by atoms with E-state index in [1.165, 1.54) is 4.90 Å². The SMILES string of the molecule is CN1CNCC1(CC(N)C(=O)O)[N+](=O)[O-]. The molecule has 1 rings (SSSR count). The molecule has 1 fully saturated rings. The molecule has 2 atom stereocenters. The molecule has 4 N–H and O–H groups in total. The highest BCUT2D eigenvalue weighted by Gasteiger charge is 2.52. The molecular formula is C7H14N4O4. The molecule has 0 spiro atoms. The summed E-state index contributed by atoms with van der Waals surface area (Å²) in [5.74, 6) is -1.23. The number of carboxylic acids is 1. The molecule has 2 unspecified atom stereocenters. The number of nitrogens with two attached hydrogens (primary N) is 1. The molecule has 0 aliphatic carbocycles. The van der Waals surface area contributed by atoms with Gasteiger partial charge in [0.15, 0.2) is 0 Å². The Hall–Kier alpha value is -1.25. The first kappa shape index (κ1) is 11.8. The second-order valence-electron chi connectivity index (χ2n) is 3.67. The summed E-state index contributed by atoms with van der Waals surface area (Å²) in [4.78, 5) is 22.5. The van der Waals surface area contributed by atoms with Crippen molar-refractivity contribution in [2.75, 3.05) is 20.3 Å². The summed E-state index contributed by atoms with van der Waals surface area (Å²) in [6, 6.07) is -1.22. The van der Waals surface area contributed by atoms with Gasteiger partial charge in [0.1, 0.15) is 6.04 Å². The molecule has 0 bridgehead atoms. The number of carboxylic acid groups (broad SMARTS) is 1. The minimum atomic E-state index is -1.40. The molecule has 0 amide bonds. The zero-order valence-corrected chi connectivity index (χ0v) is 8.34. The summed E-state index contributed by atoms with van der Waals surface area (Å²) in [5, 5.41) is 22.4. The molecule has 0 aromatic carbocycles. The number of hydrogen-bond donors (Lipinski definition) is 3. The van der Waals surface area contributed by atoms with Gasteiger partial charge in [0, 0.05) is 4.92 Å². The van der Waals surface area contributed by atoms with Crippen molar-refractivity contribution in [2.45, 2.75) is 18.1 Å². The van der Waals surface area contributed by atoms with Crippen LogP contribution in [-0.4, -0.2) is 52.9 Å². The summed E-state index contributed by atoms with van der Waals surface area (Å²) in [6.07, 6.45) is -0.209. The van der Waals surface area contributed by atoms with Crippen LogP contribution in [0.5, 0.6) is 0 Å². The summed E-state index contributed by atoms with van der Waals surface area (Å²) in [7, 11) is 1.57. The predicted molar refractivity (Wildman–Crippen MR) is 50.6 cm³/mol. The van der Waals surface area contributed by atoms with Crippen LogP contribution in [0.3, 0.4) is 0 Å². The van der Waals surface area contributed by atoms with Crippen LogP contribution in [0.25, 0.3) is 0 Å². The van der Waals surface area contributed by atoms with E-state index in [4.69, 9.17) is 10.8 Å². The fraction of sp³-hybridized carbons (Fsp3) is 0.857. The average molecular weight is 218 g/mol. The van der Waals surface area contributed by atoms with Gasteiger partial charge < -0.3 is 10.8 Å². The maximum absolute atomic E-state index is 11.0. The maximum Gasteiger partial charge on any atom is 0.320 e. The van der Waals surface area contributed by atoms with Gasteiger partial charge in [0.2, 0.25) is 0 Å². The van der Waals surface area contributed by atoms with E-state index in [1.54, 1.807) is 7.05 Å². The molecule has 8 nitrogen and oxygen atoms in total. The molecule has 1 aliphatic rings. The van der Waals surface area contributed by atoms with E-state index < -0.39 is 22.6 Å². The number of rotatable bonds is 4. The van der Waals surface area contributed by atoms with Crippen molar-refractivity contribution < 1.29 is 14.8 Å². The summed E-state index contributed by atoms with van der Waals surface area (Å²) >= 11 is 0. The first-order valence-electron chi connectivity index (χ1n) is 4.45. The molecule has 1 aliphatic heterocycles. The van der Waals surface area contributed by atoms with Crippen molar-refractivity contribution in [3.8, 4) is 0 Å². The Morgan fingerprint density at radius 1 is 1.87 bits per heavy atom. The van der Waals surface area contributed by atoms with Crippen LogP contribution in [0.15, 0.2) is 0 Å². The zero-order valence-electron chi connectivity index (χ0n) is 8.34. The third-order valence-electron chi connectivity index (χ3n) is 2.67. The number of nitro groups is 1. The van der Waals surface area contributed by atoms with Crippen LogP contribution in [-0.2, 0) is 4.79 Å². The molecule has 1 saturated heterocycles. The van der Waals surface area contributed by atoms with Crippen LogP contribution in [0.4, 0.5) is 0 Å². The fourth-order valence-electron chi connectivity index (χ4n) is 1.65. The number of hydrogen-bond acceptors (Lipinski definition) is 6. The van der Waals surface area contributed by atoms with Crippen LogP contribution < -0.4 is 11.1 Å². The van der Waals surface area contributed by atoms with Gasteiger partial charge in [-0.1, -0.05) is 0 Å². The second-order valence-corrected chi connectivity index (χ2v) is 3.67. The minimum Gasteiger partial charge on any atom is -0.480 e. The molecular weight excluding hydrogens is 204 g/mol. The van der Waals surface area contributed by atoms with E-state index in [-0.39, 0.29) is 13.0 Å². The highest BCUT2D eigenvalue weighted by atomic mass is 16.6. The Labute approximate surface area is 86.2 Å². The van der Waals surface area contributed by atoms with E-state index in [0.29, 0.717) is 6.67 Å². The lowest BCUT2D eigenvalue weighted by molar-refractivity contribution is -0.593. The van der Waals surface area contributed by atoms with Gasteiger partial charge >= 0.3 is 5.97 Å². The lowest BCUT2D eigenvalue weighted by Gasteiger charge is -2.27. The van der Waals surface area contributed by atoms with Crippen molar-refractivity contribution in [1.29, 1.82) is 0 Å². The van der Waals surface area contributed by atoms with Crippen molar-refractivity contribution in [1.82, 2.24) is 10.2 Å². The van der Waals surface area contributed by atoms with E-state index in [2.05, 4.69) is 5.32 Å². The standard InChI is InChI=1S/C7H14N4O4/c1-10-4-9-3-7(10,11(14)15)2-5(8)6(12)13/h5,9H,2-4,8H2,1H3,(H,12,13). The Morgan fingerprint density at radius 2 is 2.47 bits per heavy atom. The molecule has 0 aromatic rings. The van der Waals surface area contributed by atoms with Gasteiger partial charge in [0.05, 0.1) is 19.6 Å². The van der Waals surface area contributed by atoms with E-state index in [9.17, 15) is 14.9 Å². The maximum atomic E-state index is 11.0. The number of nitrogens with zero attached hydrogens (tertiary/aromatic N) is 2. The van der Waals surface area contributed by atoms with Crippen LogP contribution in [0.1, 0.15) is 6.42 Å². The fourth-order valence-corrected chi connectivity index (χ4v) is 1.65. The van der Waals surface area contributed by atoms with Gasteiger partial charge in [-0.25, -0.2) is 4.90 Å². The predicted octanol–water partition coefficient (Wildman–Crippen LogP) is -1.75. The zero-order chi connectivity index (χ0) is 11.6. The van der Waals surface area contributed by atoms with Gasteiger partial charge in [-0.2, -0.15) is 0 Å². The third kappa shape index (κ3) is 2.06. The Balaban J connectivity index is 2.83. The van der Waals surface area contributed by atoms with Crippen LogP contribution in [0, 0.1) is 10.1 Å². The lowest BCUT2D eigenvalue weighted by Crippen LogP contribution is -2.55. The molecule has 1 heterocycles. The Kier molecular flexibility index (Phi) is 3.22. The largest absolute Gasteiger partial charge is 0.480 e. The number of aliphatic carboxylic acids is 1. The van der Waals surface area contributed by atoms with Gasteiger partial charge in [-0.05, 0) is 7.05 Å². The van der Waals surface area contributed by atoms with Crippen LogP contribution in [0.2, 0.25) is 0 Å². The van der Waals surface area contributed by atoms with Crippen molar-refractivity contribution in [3.63, 3.8) is 0 Å². The van der Waals surface area contributed by atoms with Crippen molar-refractivity contribution in [2.24, 2.45) is 5.73 Å². The summed E-state index contributed by atoms with van der Waals surface area (Å²) < 4.78 is 0. The lowest BCUT2D eigenvalue weighted by atomic mass is 10.0. The molecule has 0 aromatic heterocycles. The van der Waals surface area contributed by atoms with E-state index >= 15 is 0 Å². The van der Waals surface area contributed by atoms with Crippen LogP contribution >= 0.6 is 0 Å². The highest BCUT2D eigenvalue weighted by Crippen LogP contribution is 2.23. The summed E-state index contributed by atoms with van der Waals surface area (Å²) in [6.45, 7) is 0.463. The molecule has 86 valence electrons. The van der Waals surface area contributed by atoms with Gasteiger partial charge in [-0.15, -0.1) is 0 Å². The number of carbonyl (C=O) groups is 1. The first-order valence-corrected chi connectivity index (χ1v) is 4.45. The monoisotopic (exact) mass is 218 g/mol. The molecule has 0 saturated carbocycles. The van der Waals surface area contributed by atoms with Gasteiger partial charge in [-0.3, -0.25) is 20.2 Å². The highest BCUT2D eigenvalue weighted by molar-refractivity contribution is 5.73. The average Bonchev–Trinajstić information content (AvgIpc) is 2.48. The van der Waals surface area contributed by atoms with E-state index in [0.717, 1.165) is 0 Å². The number of likely N-dealkylation sites (N-methyl/N-ethyl adjacent to an activating group) is 1. The van der Waals surface area contributed by atoms with Gasteiger partial charge in [0.25, 0.3) is 5.66 Å². The molecule has 15 heavy (non-hydrogen) atoms. The second kappa shape index (κ2) is 4.09. The van der Waals surface area contributed by atoms with E-state index in [1.807, 2.05) is 0 Å². The number of nitrogens with one attached hydrogen (secondary N) is 1. The summed E-state index contributed by atoms with van der Waals surface area (Å²) in [5.41, 5.74) is 3.92. The first-order chi connectivity index (χ1) is 6.90. The smallest absolute Gasteiger partial charge is 0.320 e. The topological polar surface area (TPSA) is 122 Å². The Morgan fingerprint density at radius 3 is 2.80 bits per heavy atom. The van der Waals surface area contributed by atoms with Crippen molar-refractivity contribution >= 4 is 5.97 Å². The minimum absolute atomic E-state index is 0.109. The molecule has 8 heteroatoms. The molecule has 0 radical (unpaired) electrons. The normalized spacial score (nSPS) is 28.9. The van der Waals surface area contributed by atoms with Crippen molar-refractivity contribution in [3.05, 3.63) is 10.1 Å².